The fourth-order valence-electron chi connectivity index (χ4n) is 3.67. The predicted octanol–water partition coefficient (Wildman–Crippen LogP) is 2.27. The van der Waals surface area contributed by atoms with Crippen molar-refractivity contribution in [2.24, 2.45) is 4.99 Å². The average Bonchev–Trinajstić information content (AvgIpc) is 3.17. The van der Waals surface area contributed by atoms with Crippen LogP contribution < -0.4 is 9.88 Å². The maximum atomic E-state index is 12.7. The lowest BCUT2D eigenvalue weighted by atomic mass is 10.2. The standard InChI is InChI=1S/C19H22ClN6O2/c1-11-5-6-13(20)9-14(11)21-7-8-25-12(2)10-26-15-16(22-18(25)26)23(3)19(28)24(4)17(15)27/h5-6,9-10,15,21H,7-8H2,1-4H3/q+1. The summed E-state index contributed by atoms with van der Waals surface area (Å²) >= 11 is 6.08. The number of imidazole rings is 1. The average molecular weight is 402 g/mol. The first-order chi connectivity index (χ1) is 13.3. The Morgan fingerprint density at radius 2 is 1.96 bits per heavy atom. The van der Waals surface area contributed by atoms with Gasteiger partial charge in [-0.05, 0) is 31.5 Å². The Balaban J connectivity index is 1.59. The van der Waals surface area contributed by atoms with Crippen molar-refractivity contribution in [1.82, 2.24) is 14.4 Å². The van der Waals surface area contributed by atoms with Gasteiger partial charge in [-0.2, -0.15) is 0 Å². The quantitative estimate of drug-likeness (QED) is 0.798. The van der Waals surface area contributed by atoms with Gasteiger partial charge in [0.2, 0.25) is 11.9 Å². The molecule has 28 heavy (non-hydrogen) atoms. The van der Waals surface area contributed by atoms with Crippen molar-refractivity contribution in [1.29, 1.82) is 0 Å². The second-order valence-electron chi connectivity index (χ2n) is 7.13. The van der Waals surface area contributed by atoms with Gasteiger partial charge in [-0.1, -0.05) is 22.7 Å². The molecule has 9 heteroatoms. The van der Waals surface area contributed by atoms with Gasteiger partial charge >= 0.3 is 12.0 Å². The van der Waals surface area contributed by atoms with Crippen LogP contribution in [0.2, 0.25) is 5.02 Å². The molecule has 0 radical (unpaired) electrons. The zero-order chi connectivity index (χ0) is 20.2. The Labute approximate surface area is 168 Å². The number of benzene rings is 1. The monoisotopic (exact) mass is 401 g/mol. The number of rotatable bonds is 4. The number of halogens is 1. The van der Waals surface area contributed by atoms with E-state index in [4.69, 9.17) is 11.6 Å². The molecule has 2 aromatic rings. The first-order valence-electron chi connectivity index (χ1n) is 9.04. The van der Waals surface area contributed by atoms with E-state index in [0.29, 0.717) is 29.9 Å². The molecule has 2 aliphatic rings. The van der Waals surface area contributed by atoms with Crippen molar-refractivity contribution in [2.45, 2.75) is 26.4 Å². The molecule has 1 atom stereocenters. The van der Waals surface area contributed by atoms with Gasteiger partial charge < -0.3 is 5.32 Å². The van der Waals surface area contributed by atoms with Crippen LogP contribution in [0.25, 0.3) is 0 Å². The SMILES string of the molecule is Cc1ccc(Cl)cc1NCCn1c(C)c[n+]2c1N=C1C2C(=O)N(C)C(=O)N1C. The predicted molar refractivity (Wildman–Crippen MR) is 106 cm³/mol. The van der Waals surface area contributed by atoms with E-state index in [1.54, 1.807) is 7.05 Å². The largest absolute Gasteiger partial charge is 0.401 e. The minimum absolute atomic E-state index is 0.268. The summed E-state index contributed by atoms with van der Waals surface area (Å²) in [4.78, 5) is 32.1. The van der Waals surface area contributed by atoms with Crippen LogP contribution in [0, 0.1) is 13.8 Å². The number of aliphatic imine (C=N–C) groups is 1. The Morgan fingerprint density at radius 1 is 1.21 bits per heavy atom. The van der Waals surface area contributed by atoms with Crippen LogP contribution >= 0.6 is 11.6 Å². The molecule has 3 amide bonds. The summed E-state index contributed by atoms with van der Waals surface area (Å²) in [6.07, 6.45) is 1.91. The number of amides is 3. The third-order valence-corrected chi connectivity index (χ3v) is 5.53. The molecule has 4 rings (SSSR count). The molecule has 1 aromatic heterocycles. The van der Waals surface area contributed by atoms with Crippen molar-refractivity contribution in [2.75, 3.05) is 26.0 Å². The summed E-state index contributed by atoms with van der Waals surface area (Å²) in [7, 11) is 3.14. The lowest BCUT2D eigenvalue weighted by molar-refractivity contribution is -0.677. The third-order valence-electron chi connectivity index (χ3n) is 5.29. The van der Waals surface area contributed by atoms with Crippen LogP contribution in [0.15, 0.2) is 29.4 Å². The highest BCUT2D eigenvalue weighted by atomic mass is 35.5. The number of fused-ring (bicyclic) bond motifs is 3. The molecule has 1 aromatic carbocycles. The smallest absolute Gasteiger partial charge is 0.382 e. The van der Waals surface area contributed by atoms with Crippen molar-refractivity contribution >= 4 is 41.0 Å². The lowest BCUT2D eigenvalue weighted by Gasteiger charge is -2.30. The maximum Gasteiger partial charge on any atom is 0.401 e. The van der Waals surface area contributed by atoms with Gasteiger partial charge in [-0.15, -0.1) is 0 Å². The van der Waals surface area contributed by atoms with E-state index in [1.807, 2.05) is 47.4 Å². The van der Waals surface area contributed by atoms with Crippen LogP contribution in [-0.4, -0.2) is 52.8 Å². The number of imide groups is 1. The van der Waals surface area contributed by atoms with E-state index >= 15 is 0 Å². The highest BCUT2D eigenvalue weighted by Crippen LogP contribution is 2.28. The number of hydrogen-bond acceptors (Lipinski definition) is 4. The van der Waals surface area contributed by atoms with E-state index in [-0.39, 0.29) is 11.9 Å². The third kappa shape index (κ3) is 2.75. The van der Waals surface area contributed by atoms with Gasteiger partial charge in [0.1, 0.15) is 11.9 Å². The molecule has 0 saturated carbocycles. The summed E-state index contributed by atoms with van der Waals surface area (Å²) in [6, 6.07) is 4.79. The van der Waals surface area contributed by atoms with Crippen LogP contribution in [0.5, 0.6) is 0 Å². The van der Waals surface area contributed by atoms with Crippen molar-refractivity contribution in [3.8, 4) is 0 Å². The second-order valence-corrected chi connectivity index (χ2v) is 7.56. The number of likely N-dealkylation sites (N-methyl/N-ethyl adjacent to an activating group) is 2. The number of urea groups is 1. The minimum atomic E-state index is -0.592. The first kappa shape index (κ1) is 18.5. The number of anilines is 1. The Kier molecular flexibility index (Phi) is 4.38. The Morgan fingerprint density at radius 3 is 2.71 bits per heavy atom. The number of carbonyl (C=O) groups is 2. The topological polar surface area (TPSA) is 73.8 Å². The number of nitrogens with one attached hydrogen (secondary N) is 1. The number of carbonyl (C=O) groups excluding carboxylic acids is 2. The zero-order valence-corrected chi connectivity index (χ0v) is 17.0. The van der Waals surface area contributed by atoms with E-state index < -0.39 is 6.04 Å². The maximum absolute atomic E-state index is 12.7. The fourth-order valence-corrected chi connectivity index (χ4v) is 3.85. The van der Waals surface area contributed by atoms with Crippen LogP contribution in [0.1, 0.15) is 17.3 Å². The molecule has 146 valence electrons. The van der Waals surface area contributed by atoms with E-state index in [0.717, 1.165) is 21.8 Å². The lowest BCUT2D eigenvalue weighted by Crippen LogP contribution is -2.61. The van der Waals surface area contributed by atoms with Crippen LogP contribution in [-0.2, 0) is 11.3 Å². The molecule has 0 bridgehead atoms. The van der Waals surface area contributed by atoms with Gasteiger partial charge in [0, 0.05) is 31.4 Å². The molecule has 8 nitrogen and oxygen atoms in total. The molecule has 1 fully saturated rings. The highest BCUT2D eigenvalue weighted by molar-refractivity contribution is 6.30. The number of aromatic nitrogens is 2. The van der Waals surface area contributed by atoms with E-state index in [1.165, 1.54) is 11.9 Å². The zero-order valence-electron chi connectivity index (χ0n) is 16.2. The van der Waals surface area contributed by atoms with Crippen molar-refractivity contribution < 1.29 is 14.2 Å². The summed E-state index contributed by atoms with van der Waals surface area (Å²) in [5.41, 5.74) is 3.11. The fraction of sp³-hybridized carbons (Fsp3) is 0.368. The molecule has 1 saturated heterocycles. The second kappa shape index (κ2) is 6.63. The molecule has 0 aliphatic carbocycles. The molecule has 3 heterocycles. The van der Waals surface area contributed by atoms with Gasteiger partial charge in [0.15, 0.2) is 0 Å². The molecular formula is C19H22ClN6O2+. The molecule has 0 spiro atoms. The minimum Gasteiger partial charge on any atom is -0.382 e. The summed E-state index contributed by atoms with van der Waals surface area (Å²) in [5.74, 6) is 0.872. The van der Waals surface area contributed by atoms with Gasteiger partial charge in [0.25, 0.3) is 5.91 Å². The first-order valence-corrected chi connectivity index (χ1v) is 9.42. The summed E-state index contributed by atoms with van der Waals surface area (Å²) < 4.78 is 3.89. The van der Waals surface area contributed by atoms with Crippen molar-refractivity contribution in [3.05, 3.63) is 40.7 Å². The van der Waals surface area contributed by atoms with Crippen LogP contribution in [0.3, 0.4) is 0 Å². The highest BCUT2D eigenvalue weighted by Gasteiger charge is 2.52. The van der Waals surface area contributed by atoms with E-state index in [2.05, 4.69) is 10.3 Å². The molecule has 1 unspecified atom stereocenters. The van der Waals surface area contributed by atoms with Crippen LogP contribution in [0.4, 0.5) is 16.4 Å². The van der Waals surface area contributed by atoms with Gasteiger partial charge in [0.05, 0.1) is 6.54 Å². The Bertz CT molecular complexity index is 1030. The number of amidine groups is 1. The normalized spacial score (nSPS) is 18.3. The number of aryl methyl sites for hydroxylation is 2. The van der Waals surface area contributed by atoms with Gasteiger partial charge in [-0.3, -0.25) is 14.6 Å². The van der Waals surface area contributed by atoms with Gasteiger partial charge in [-0.25, -0.2) is 13.9 Å². The molecular weight excluding hydrogens is 380 g/mol. The number of hydrogen-bond donors (Lipinski definition) is 1. The van der Waals surface area contributed by atoms with Crippen molar-refractivity contribution in [3.63, 3.8) is 0 Å². The summed E-state index contributed by atoms with van der Waals surface area (Å²) in [6.45, 7) is 5.34. The number of nitrogens with zero attached hydrogens (tertiary/aromatic N) is 5. The molecule has 1 N–H and O–H groups in total. The summed E-state index contributed by atoms with van der Waals surface area (Å²) in [5, 5.41) is 4.09. The molecule has 2 aliphatic heterocycles. The van der Waals surface area contributed by atoms with E-state index in [9.17, 15) is 9.59 Å². The Hall–Kier alpha value is -2.87.